The highest BCUT2D eigenvalue weighted by molar-refractivity contribution is 6.03. The molecule has 1 amide bonds. The van der Waals surface area contributed by atoms with Crippen molar-refractivity contribution in [3.8, 4) is 0 Å². The number of hydrogen-bond donors (Lipinski definition) is 2. The highest BCUT2D eigenvalue weighted by atomic mass is 16.1. The number of imidazole rings is 1. The van der Waals surface area contributed by atoms with Gasteiger partial charge in [-0.3, -0.25) is 14.3 Å². The van der Waals surface area contributed by atoms with Gasteiger partial charge in [-0.2, -0.15) is 0 Å². The highest BCUT2D eigenvalue weighted by Gasteiger charge is 2.26. The van der Waals surface area contributed by atoms with E-state index in [0.717, 1.165) is 16.4 Å². The van der Waals surface area contributed by atoms with Gasteiger partial charge in [0.1, 0.15) is 11.6 Å². The van der Waals surface area contributed by atoms with Gasteiger partial charge in [0.05, 0.1) is 17.2 Å². The molecular weight excluding hydrogens is 266 g/mol. The number of hydrogen-bond acceptors (Lipinski definition) is 4. The number of nitrogens with zero attached hydrogens (tertiary/aromatic N) is 3. The van der Waals surface area contributed by atoms with Crippen molar-refractivity contribution >= 4 is 33.8 Å². The molecule has 3 aromatic rings. The summed E-state index contributed by atoms with van der Waals surface area (Å²) in [5.41, 5.74) is 13.9. The van der Waals surface area contributed by atoms with Crippen LogP contribution in [0.15, 0.2) is 30.5 Å². The topological polar surface area (TPSA) is 99.8 Å². The van der Waals surface area contributed by atoms with Crippen molar-refractivity contribution < 1.29 is 4.79 Å². The Hall–Kier alpha value is -2.63. The summed E-state index contributed by atoms with van der Waals surface area (Å²) in [5.74, 6) is -0.133. The molecule has 4 N–H and O–H groups in total. The number of pyridine rings is 1. The minimum absolute atomic E-state index is 0.00845. The van der Waals surface area contributed by atoms with Crippen LogP contribution < -0.4 is 11.5 Å². The summed E-state index contributed by atoms with van der Waals surface area (Å²) in [6.45, 7) is 3.87. The number of nitrogens with two attached hydrogens (primary N) is 2. The fourth-order valence-electron chi connectivity index (χ4n) is 2.78. The zero-order valence-corrected chi connectivity index (χ0v) is 11.9. The number of aromatic nitrogens is 3. The quantitative estimate of drug-likeness (QED) is 0.766. The minimum atomic E-state index is -0.541. The van der Waals surface area contributed by atoms with E-state index in [1.165, 1.54) is 0 Å². The molecule has 1 atom stereocenters. The van der Waals surface area contributed by atoms with E-state index in [4.69, 9.17) is 11.5 Å². The SMILES string of the molecule is CC(C)C(C(N)=O)n1c(N)nc2cnc3ccccc3c21. The van der Waals surface area contributed by atoms with Crippen molar-refractivity contribution in [3.05, 3.63) is 30.5 Å². The number of anilines is 1. The Morgan fingerprint density at radius 3 is 2.62 bits per heavy atom. The number of nitrogen functional groups attached to an aromatic ring is 1. The molecule has 0 spiro atoms. The molecule has 0 saturated heterocycles. The smallest absolute Gasteiger partial charge is 0.240 e. The molecule has 0 radical (unpaired) electrons. The van der Waals surface area contributed by atoms with Crippen LogP contribution in [0.1, 0.15) is 19.9 Å². The summed E-state index contributed by atoms with van der Waals surface area (Å²) in [7, 11) is 0. The molecule has 3 rings (SSSR count). The lowest BCUT2D eigenvalue weighted by Gasteiger charge is -2.21. The molecule has 6 heteroatoms. The molecule has 2 aromatic heterocycles. The first-order valence-electron chi connectivity index (χ1n) is 6.81. The van der Waals surface area contributed by atoms with Crippen LogP contribution in [0.5, 0.6) is 0 Å². The van der Waals surface area contributed by atoms with Gasteiger partial charge in [-0.1, -0.05) is 32.0 Å². The number of para-hydroxylation sites is 1. The molecule has 2 heterocycles. The lowest BCUT2D eigenvalue weighted by molar-refractivity contribution is -0.122. The van der Waals surface area contributed by atoms with E-state index in [9.17, 15) is 4.79 Å². The molecule has 1 aromatic carbocycles. The van der Waals surface area contributed by atoms with Crippen molar-refractivity contribution in [2.75, 3.05) is 5.73 Å². The van der Waals surface area contributed by atoms with E-state index >= 15 is 0 Å². The summed E-state index contributed by atoms with van der Waals surface area (Å²) in [5, 5.41) is 0.908. The first-order valence-corrected chi connectivity index (χ1v) is 6.81. The van der Waals surface area contributed by atoms with Crippen LogP contribution in [0.2, 0.25) is 0 Å². The maximum Gasteiger partial charge on any atom is 0.240 e. The number of fused-ring (bicyclic) bond motifs is 3. The third kappa shape index (κ3) is 1.99. The number of rotatable bonds is 3. The van der Waals surface area contributed by atoms with Crippen LogP contribution in [-0.4, -0.2) is 20.4 Å². The maximum atomic E-state index is 11.9. The lowest BCUT2D eigenvalue weighted by Crippen LogP contribution is -2.31. The van der Waals surface area contributed by atoms with Crippen LogP contribution in [0.4, 0.5) is 5.95 Å². The summed E-state index contributed by atoms with van der Waals surface area (Å²) < 4.78 is 1.73. The molecule has 0 aliphatic heterocycles. The van der Waals surface area contributed by atoms with Gasteiger partial charge in [-0.15, -0.1) is 0 Å². The van der Waals surface area contributed by atoms with E-state index in [-0.39, 0.29) is 11.9 Å². The molecule has 0 aliphatic carbocycles. The Bertz CT molecular complexity index is 837. The fraction of sp³-hybridized carbons (Fsp3) is 0.267. The Morgan fingerprint density at radius 1 is 1.24 bits per heavy atom. The Morgan fingerprint density at radius 2 is 1.95 bits per heavy atom. The first kappa shape index (κ1) is 13.4. The fourth-order valence-corrected chi connectivity index (χ4v) is 2.78. The zero-order valence-electron chi connectivity index (χ0n) is 11.9. The summed E-state index contributed by atoms with van der Waals surface area (Å²) in [4.78, 5) is 20.6. The van der Waals surface area contributed by atoms with E-state index in [1.54, 1.807) is 10.8 Å². The first-order chi connectivity index (χ1) is 10.0. The Balaban J connectivity index is 2.43. The van der Waals surface area contributed by atoms with Crippen LogP contribution >= 0.6 is 0 Å². The molecule has 0 bridgehead atoms. The van der Waals surface area contributed by atoms with E-state index in [1.807, 2.05) is 38.1 Å². The van der Waals surface area contributed by atoms with Crippen molar-refractivity contribution in [3.63, 3.8) is 0 Å². The second-order valence-corrected chi connectivity index (χ2v) is 5.44. The molecule has 108 valence electrons. The number of carbonyl (C=O) groups excluding carboxylic acids is 1. The zero-order chi connectivity index (χ0) is 15.1. The van der Waals surface area contributed by atoms with Crippen molar-refractivity contribution in [2.45, 2.75) is 19.9 Å². The van der Waals surface area contributed by atoms with Gasteiger partial charge in [0.15, 0.2) is 0 Å². The summed E-state index contributed by atoms with van der Waals surface area (Å²) in [6.07, 6.45) is 1.67. The number of primary amides is 1. The van der Waals surface area contributed by atoms with Crippen molar-refractivity contribution in [2.24, 2.45) is 11.7 Å². The monoisotopic (exact) mass is 283 g/mol. The lowest BCUT2D eigenvalue weighted by atomic mass is 10.0. The normalized spacial score (nSPS) is 13.1. The summed E-state index contributed by atoms with van der Waals surface area (Å²) >= 11 is 0. The van der Waals surface area contributed by atoms with Gasteiger partial charge >= 0.3 is 0 Å². The van der Waals surface area contributed by atoms with Crippen LogP contribution in [0.3, 0.4) is 0 Å². The number of carbonyl (C=O) groups is 1. The second-order valence-electron chi connectivity index (χ2n) is 5.44. The van der Waals surface area contributed by atoms with Gasteiger partial charge in [0.25, 0.3) is 0 Å². The third-order valence-electron chi connectivity index (χ3n) is 3.65. The van der Waals surface area contributed by atoms with Gasteiger partial charge < -0.3 is 11.5 Å². The van der Waals surface area contributed by atoms with Crippen molar-refractivity contribution in [1.29, 1.82) is 0 Å². The van der Waals surface area contributed by atoms with Gasteiger partial charge in [-0.05, 0) is 12.0 Å². The minimum Gasteiger partial charge on any atom is -0.369 e. The molecule has 0 saturated carbocycles. The molecular formula is C15H17N5O. The highest BCUT2D eigenvalue weighted by Crippen LogP contribution is 2.31. The molecule has 0 fully saturated rings. The number of benzene rings is 1. The predicted molar refractivity (Wildman–Crippen MR) is 82.5 cm³/mol. The van der Waals surface area contributed by atoms with E-state index in [2.05, 4.69) is 9.97 Å². The average molecular weight is 283 g/mol. The Labute approximate surface area is 121 Å². The summed E-state index contributed by atoms with van der Waals surface area (Å²) in [6, 6.07) is 7.16. The van der Waals surface area contributed by atoms with Crippen LogP contribution in [0.25, 0.3) is 21.9 Å². The molecule has 6 nitrogen and oxygen atoms in total. The van der Waals surface area contributed by atoms with Crippen LogP contribution in [0, 0.1) is 5.92 Å². The van der Waals surface area contributed by atoms with Gasteiger partial charge in [0.2, 0.25) is 11.9 Å². The second kappa shape index (κ2) is 4.73. The van der Waals surface area contributed by atoms with E-state index in [0.29, 0.717) is 5.52 Å². The Kier molecular flexibility index (Phi) is 3.01. The molecule has 1 unspecified atom stereocenters. The largest absolute Gasteiger partial charge is 0.369 e. The third-order valence-corrected chi connectivity index (χ3v) is 3.65. The maximum absolute atomic E-state index is 11.9. The van der Waals surface area contributed by atoms with Gasteiger partial charge in [0, 0.05) is 5.39 Å². The van der Waals surface area contributed by atoms with Gasteiger partial charge in [-0.25, -0.2) is 4.98 Å². The van der Waals surface area contributed by atoms with Crippen molar-refractivity contribution in [1.82, 2.24) is 14.5 Å². The predicted octanol–water partition coefficient (Wildman–Crippen LogP) is 1.85. The standard InChI is InChI=1S/C15H17N5O/c1-8(2)12(14(16)21)20-13-9-5-3-4-6-10(9)18-7-11(13)19-15(20)17/h3-8,12H,1-2H3,(H2,16,21)(H2,17,19). The molecule has 0 aliphatic rings. The van der Waals surface area contributed by atoms with E-state index < -0.39 is 11.9 Å². The van der Waals surface area contributed by atoms with Crippen LogP contribution in [-0.2, 0) is 4.79 Å². The molecule has 21 heavy (non-hydrogen) atoms. The average Bonchev–Trinajstić information content (AvgIpc) is 2.75. The number of amides is 1.